The van der Waals surface area contributed by atoms with Crippen molar-refractivity contribution in [3.05, 3.63) is 120 Å². The van der Waals surface area contributed by atoms with Crippen LogP contribution in [0.1, 0.15) is 4.88 Å². The zero-order valence-corrected chi connectivity index (χ0v) is 19.9. The molecule has 0 spiro atoms. The van der Waals surface area contributed by atoms with E-state index in [0.717, 1.165) is 38.9 Å². The van der Waals surface area contributed by atoms with Crippen molar-refractivity contribution < 1.29 is 9.90 Å². The summed E-state index contributed by atoms with van der Waals surface area (Å²) in [5.74, 6) is -1.23. The summed E-state index contributed by atoms with van der Waals surface area (Å²) in [6.45, 7) is 0. The number of nitriles is 1. The van der Waals surface area contributed by atoms with Crippen LogP contribution in [0.3, 0.4) is 0 Å². The van der Waals surface area contributed by atoms with Crippen molar-refractivity contribution in [1.29, 1.82) is 5.26 Å². The number of rotatable bonds is 7. The van der Waals surface area contributed by atoms with Gasteiger partial charge in [0.15, 0.2) is 0 Å². The van der Waals surface area contributed by atoms with Crippen LogP contribution in [-0.4, -0.2) is 16.1 Å². The molecule has 0 unspecified atom stereocenters. The number of hydrogen-bond donors (Lipinski definition) is 2. The summed E-state index contributed by atoms with van der Waals surface area (Å²) >= 11 is 1.43. The first kappa shape index (κ1) is 22.9. The van der Waals surface area contributed by atoms with E-state index in [4.69, 9.17) is 10.4 Å². The molecule has 5 aromatic rings. The molecule has 2 N–H and O–H groups in total. The highest BCUT2D eigenvalue weighted by atomic mass is 32.1. The molecule has 5 rings (SSSR count). The molecule has 2 aromatic heterocycles. The first-order chi connectivity index (χ1) is 17.6. The standard InChI is InChI=1S/C30H21N3O2S/c31-20-22(30(34)35)19-26-15-18-29(36-26)28-17-16-27(32-28)21-11-13-25(14-12-21)33(23-7-3-1-4-8-23)24-9-5-2-6-10-24/h1-19,32H,(H,34,35)/b22-19+. The van der Waals surface area contributed by atoms with Gasteiger partial charge in [-0.15, -0.1) is 11.3 Å². The van der Waals surface area contributed by atoms with Crippen LogP contribution in [-0.2, 0) is 4.79 Å². The van der Waals surface area contributed by atoms with Gasteiger partial charge in [0.25, 0.3) is 0 Å². The Bertz CT molecular complexity index is 1520. The lowest BCUT2D eigenvalue weighted by molar-refractivity contribution is -0.132. The van der Waals surface area contributed by atoms with E-state index in [9.17, 15) is 4.79 Å². The third-order valence-corrected chi connectivity index (χ3v) is 6.75. The number of nitrogens with one attached hydrogen (secondary N) is 1. The second-order valence-corrected chi connectivity index (χ2v) is 9.13. The van der Waals surface area contributed by atoms with Crippen molar-refractivity contribution in [1.82, 2.24) is 4.98 Å². The average molecular weight is 488 g/mol. The van der Waals surface area contributed by atoms with Crippen LogP contribution in [0.2, 0.25) is 0 Å². The molecule has 5 nitrogen and oxygen atoms in total. The van der Waals surface area contributed by atoms with Crippen LogP contribution in [0.25, 0.3) is 27.9 Å². The molecule has 0 aliphatic heterocycles. The maximum atomic E-state index is 11.1. The lowest BCUT2D eigenvalue weighted by atomic mass is 10.1. The third-order valence-electron chi connectivity index (χ3n) is 5.68. The number of carbonyl (C=O) groups is 1. The molecular weight excluding hydrogens is 466 g/mol. The highest BCUT2D eigenvalue weighted by molar-refractivity contribution is 7.16. The number of thiophene rings is 1. The number of aromatic amines is 1. The van der Waals surface area contributed by atoms with Gasteiger partial charge in [-0.2, -0.15) is 5.26 Å². The van der Waals surface area contributed by atoms with Gasteiger partial charge in [0.1, 0.15) is 11.6 Å². The maximum absolute atomic E-state index is 11.1. The number of H-pyrrole nitrogens is 1. The number of benzene rings is 3. The van der Waals surface area contributed by atoms with Crippen molar-refractivity contribution in [2.24, 2.45) is 0 Å². The Hall–Kier alpha value is -4.86. The number of para-hydroxylation sites is 2. The molecule has 3 aromatic carbocycles. The molecule has 0 aliphatic carbocycles. The van der Waals surface area contributed by atoms with Crippen molar-refractivity contribution in [3.8, 4) is 27.9 Å². The van der Waals surface area contributed by atoms with Crippen LogP contribution in [0.5, 0.6) is 0 Å². The largest absolute Gasteiger partial charge is 0.477 e. The van der Waals surface area contributed by atoms with Crippen molar-refractivity contribution in [3.63, 3.8) is 0 Å². The molecule has 0 amide bonds. The summed E-state index contributed by atoms with van der Waals surface area (Å²) < 4.78 is 0. The average Bonchev–Trinajstić information content (AvgIpc) is 3.59. The number of nitrogens with zero attached hydrogens (tertiary/aromatic N) is 2. The fourth-order valence-electron chi connectivity index (χ4n) is 3.96. The Labute approximate surface area is 212 Å². The minimum Gasteiger partial charge on any atom is -0.477 e. The summed E-state index contributed by atoms with van der Waals surface area (Å²) in [5.41, 5.74) is 5.92. The van der Waals surface area contributed by atoms with E-state index in [1.54, 1.807) is 6.07 Å². The summed E-state index contributed by atoms with van der Waals surface area (Å²) in [7, 11) is 0. The van der Waals surface area contributed by atoms with Crippen LogP contribution in [0.15, 0.2) is 115 Å². The quantitative estimate of drug-likeness (QED) is 0.181. The molecule has 174 valence electrons. The molecule has 36 heavy (non-hydrogen) atoms. The summed E-state index contributed by atoms with van der Waals surface area (Å²) in [6, 6.07) is 38.5. The van der Waals surface area contributed by atoms with Gasteiger partial charge < -0.3 is 15.0 Å². The first-order valence-electron chi connectivity index (χ1n) is 11.3. The fourth-order valence-corrected chi connectivity index (χ4v) is 4.89. The van der Waals surface area contributed by atoms with Gasteiger partial charge >= 0.3 is 5.97 Å². The predicted octanol–water partition coefficient (Wildman–Crippen LogP) is 7.87. The van der Waals surface area contributed by atoms with Gasteiger partial charge in [-0.25, -0.2) is 4.79 Å². The van der Waals surface area contributed by atoms with Gasteiger partial charge in [0, 0.05) is 27.6 Å². The van der Waals surface area contributed by atoms with Crippen molar-refractivity contribution in [2.75, 3.05) is 4.90 Å². The lowest BCUT2D eigenvalue weighted by Gasteiger charge is -2.25. The second kappa shape index (κ2) is 10.2. The van der Waals surface area contributed by atoms with Crippen LogP contribution < -0.4 is 4.90 Å². The molecule has 0 fully saturated rings. The van der Waals surface area contributed by atoms with E-state index >= 15 is 0 Å². The van der Waals surface area contributed by atoms with E-state index in [1.807, 2.05) is 60.7 Å². The minimum absolute atomic E-state index is 0.282. The molecule has 0 saturated heterocycles. The normalized spacial score (nSPS) is 11.1. The Morgan fingerprint density at radius 1 is 0.778 bits per heavy atom. The van der Waals surface area contributed by atoms with E-state index < -0.39 is 5.97 Å². The van der Waals surface area contributed by atoms with E-state index in [2.05, 4.69) is 58.4 Å². The van der Waals surface area contributed by atoms with E-state index in [-0.39, 0.29) is 5.57 Å². The Kier molecular flexibility index (Phi) is 6.48. The molecule has 0 atom stereocenters. The van der Waals surface area contributed by atoms with Gasteiger partial charge in [0.2, 0.25) is 0 Å². The van der Waals surface area contributed by atoms with Crippen molar-refractivity contribution >= 4 is 40.4 Å². The molecular formula is C30H21N3O2S. The number of hydrogen-bond acceptors (Lipinski definition) is 4. The van der Waals surface area contributed by atoms with Gasteiger partial charge in [-0.3, -0.25) is 0 Å². The number of anilines is 3. The number of aromatic nitrogens is 1. The van der Waals surface area contributed by atoms with Crippen LogP contribution in [0, 0.1) is 11.3 Å². The molecule has 0 saturated carbocycles. The zero-order valence-electron chi connectivity index (χ0n) is 19.1. The minimum atomic E-state index is -1.23. The van der Waals surface area contributed by atoms with Crippen LogP contribution >= 0.6 is 11.3 Å². The van der Waals surface area contributed by atoms with E-state index in [1.165, 1.54) is 17.4 Å². The predicted molar refractivity (Wildman–Crippen MR) is 145 cm³/mol. The molecule has 0 radical (unpaired) electrons. The summed E-state index contributed by atoms with van der Waals surface area (Å²) in [6.07, 6.45) is 1.39. The molecule has 0 bridgehead atoms. The highest BCUT2D eigenvalue weighted by Gasteiger charge is 2.13. The Morgan fingerprint density at radius 3 is 1.94 bits per heavy atom. The van der Waals surface area contributed by atoms with Gasteiger partial charge in [-0.1, -0.05) is 48.5 Å². The maximum Gasteiger partial charge on any atom is 0.346 e. The smallest absolute Gasteiger partial charge is 0.346 e. The Balaban J connectivity index is 1.41. The summed E-state index contributed by atoms with van der Waals surface area (Å²) in [4.78, 5) is 18.5. The molecule has 6 heteroatoms. The number of carboxylic acid groups (broad SMARTS) is 1. The van der Waals surface area contributed by atoms with Crippen LogP contribution in [0.4, 0.5) is 17.1 Å². The number of carboxylic acids is 1. The highest BCUT2D eigenvalue weighted by Crippen LogP contribution is 2.36. The third kappa shape index (κ3) is 4.83. The fraction of sp³-hybridized carbons (Fsp3) is 0. The van der Waals surface area contributed by atoms with E-state index in [0.29, 0.717) is 4.88 Å². The zero-order chi connectivity index (χ0) is 24.9. The monoisotopic (exact) mass is 487 g/mol. The first-order valence-corrected chi connectivity index (χ1v) is 12.1. The van der Waals surface area contributed by atoms with Gasteiger partial charge in [0.05, 0.1) is 10.6 Å². The lowest BCUT2D eigenvalue weighted by Crippen LogP contribution is -2.09. The summed E-state index contributed by atoms with van der Waals surface area (Å²) in [5, 5.41) is 18.1. The second-order valence-electron chi connectivity index (χ2n) is 8.02. The number of aliphatic carboxylic acids is 1. The molecule has 2 heterocycles. The molecule has 0 aliphatic rings. The SMILES string of the molecule is N#C/C(=C\c1ccc(-c2ccc(-c3ccc(N(c4ccccc4)c4ccccc4)cc3)[nH]2)s1)C(=O)O. The van der Waals surface area contributed by atoms with Crippen molar-refractivity contribution in [2.45, 2.75) is 0 Å². The topological polar surface area (TPSA) is 80.1 Å². The van der Waals surface area contributed by atoms with Gasteiger partial charge in [-0.05, 0) is 72.3 Å². The Morgan fingerprint density at radius 2 is 1.36 bits per heavy atom.